The highest BCUT2D eigenvalue weighted by molar-refractivity contribution is 6.35. The van der Waals surface area contributed by atoms with Gasteiger partial charge < -0.3 is 5.32 Å². The Morgan fingerprint density at radius 3 is 3.06 bits per heavy atom. The SMILES string of the molecule is Fc1cc(Cl)c2[nH]nc(C34CNC[C@H]3C4)c2c1. The monoisotopic (exact) mass is 251 g/mol. The van der Waals surface area contributed by atoms with Gasteiger partial charge in [0.25, 0.3) is 0 Å². The van der Waals surface area contributed by atoms with Gasteiger partial charge in [-0.1, -0.05) is 11.6 Å². The number of H-pyrrole nitrogens is 1. The van der Waals surface area contributed by atoms with Gasteiger partial charge in [0.05, 0.1) is 16.2 Å². The van der Waals surface area contributed by atoms with Crippen molar-refractivity contribution in [1.29, 1.82) is 0 Å². The molecular weight excluding hydrogens is 241 g/mol. The van der Waals surface area contributed by atoms with Gasteiger partial charge in [0.15, 0.2) is 0 Å². The van der Waals surface area contributed by atoms with Gasteiger partial charge in [0.2, 0.25) is 0 Å². The van der Waals surface area contributed by atoms with Crippen LogP contribution in [0.2, 0.25) is 5.02 Å². The largest absolute Gasteiger partial charge is 0.315 e. The summed E-state index contributed by atoms with van der Waals surface area (Å²) in [5.74, 6) is 0.348. The first-order valence-corrected chi connectivity index (χ1v) is 6.13. The maximum atomic E-state index is 13.4. The van der Waals surface area contributed by atoms with Gasteiger partial charge in [-0.3, -0.25) is 5.10 Å². The lowest BCUT2D eigenvalue weighted by Gasteiger charge is -2.08. The van der Waals surface area contributed by atoms with Gasteiger partial charge in [-0.2, -0.15) is 5.10 Å². The molecule has 2 fully saturated rings. The Kier molecular flexibility index (Phi) is 1.74. The van der Waals surface area contributed by atoms with E-state index in [0.29, 0.717) is 10.9 Å². The number of halogens is 2. The number of hydrogen-bond donors (Lipinski definition) is 2. The van der Waals surface area contributed by atoms with Crippen molar-refractivity contribution in [3.05, 3.63) is 28.7 Å². The van der Waals surface area contributed by atoms with Crippen molar-refractivity contribution in [2.24, 2.45) is 5.92 Å². The molecule has 1 aliphatic carbocycles. The fraction of sp³-hybridized carbons (Fsp3) is 0.417. The lowest BCUT2D eigenvalue weighted by Crippen LogP contribution is -2.19. The minimum Gasteiger partial charge on any atom is -0.315 e. The number of aromatic nitrogens is 2. The van der Waals surface area contributed by atoms with Crippen molar-refractivity contribution in [2.45, 2.75) is 11.8 Å². The molecule has 0 spiro atoms. The van der Waals surface area contributed by atoms with Crippen LogP contribution in [0.5, 0.6) is 0 Å². The molecule has 1 aromatic heterocycles. The van der Waals surface area contributed by atoms with Crippen LogP contribution in [0, 0.1) is 11.7 Å². The van der Waals surface area contributed by atoms with Gasteiger partial charge in [-0.15, -0.1) is 0 Å². The molecule has 1 saturated heterocycles. The van der Waals surface area contributed by atoms with E-state index in [0.717, 1.165) is 36.1 Å². The van der Waals surface area contributed by atoms with E-state index in [9.17, 15) is 4.39 Å². The summed E-state index contributed by atoms with van der Waals surface area (Å²) in [5.41, 5.74) is 1.84. The Balaban J connectivity index is 1.97. The third-order valence-corrected chi connectivity index (χ3v) is 4.42. The molecule has 0 bridgehead atoms. The highest BCUT2D eigenvalue weighted by Gasteiger charge is 2.60. The van der Waals surface area contributed by atoms with E-state index < -0.39 is 0 Å². The topological polar surface area (TPSA) is 40.7 Å². The summed E-state index contributed by atoms with van der Waals surface area (Å²) < 4.78 is 13.4. The molecule has 3 nitrogen and oxygen atoms in total. The summed E-state index contributed by atoms with van der Waals surface area (Å²) in [4.78, 5) is 0. The van der Waals surface area contributed by atoms with E-state index in [1.165, 1.54) is 12.1 Å². The first-order valence-electron chi connectivity index (χ1n) is 5.75. The summed E-state index contributed by atoms with van der Waals surface area (Å²) in [6, 6.07) is 2.85. The van der Waals surface area contributed by atoms with Gasteiger partial charge in [-0.05, 0) is 31.0 Å². The number of piperidine rings is 1. The number of benzene rings is 1. The van der Waals surface area contributed by atoms with Gasteiger partial charge in [0, 0.05) is 17.3 Å². The minimum atomic E-state index is -0.301. The fourth-order valence-corrected chi connectivity index (χ4v) is 3.38. The molecule has 4 rings (SSSR count). The molecule has 2 heterocycles. The van der Waals surface area contributed by atoms with E-state index in [-0.39, 0.29) is 11.2 Å². The van der Waals surface area contributed by atoms with Crippen LogP contribution in [0.1, 0.15) is 12.1 Å². The number of aromatic amines is 1. The molecule has 1 aromatic carbocycles. The van der Waals surface area contributed by atoms with E-state index >= 15 is 0 Å². The van der Waals surface area contributed by atoms with Crippen LogP contribution in [-0.4, -0.2) is 23.3 Å². The minimum absolute atomic E-state index is 0.120. The number of nitrogens with zero attached hydrogens (tertiary/aromatic N) is 1. The van der Waals surface area contributed by atoms with Gasteiger partial charge in [0.1, 0.15) is 5.82 Å². The van der Waals surface area contributed by atoms with Crippen LogP contribution in [0.15, 0.2) is 12.1 Å². The van der Waals surface area contributed by atoms with Gasteiger partial charge in [-0.25, -0.2) is 4.39 Å². The van der Waals surface area contributed by atoms with Crippen LogP contribution in [0.4, 0.5) is 4.39 Å². The quantitative estimate of drug-likeness (QED) is 0.816. The van der Waals surface area contributed by atoms with Crippen molar-refractivity contribution >= 4 is 22.5 Å². The van der Waals surface area contributed by atoms with Crippen molar-refractivity contribution in [3.8, 4) is 0 Å². The average molecular weight is 252 g/mol. The third kappa shape index (κ3) is 1.17. The summed E-state index contributed by atoms with van der Waals surface area (Å²) in [7, 11) is 0. The fourth-order valence-electron chi connectivity index (χ4n) is 3.13. The smallest absolute Gasteiger partial charge is 0.125 e. The maximum absolute atomic E-state index is 13.4. The molecule has 2 atom stereocenters. The highest BCUT2D eigenvalue weighted by Crippen LogP contribution is 2.57. The molecule has 1 aliphatic heterocycles. The number of nitrogens with one attached hydrogen (secondary N) is 2. The van der Waals surface area contributed by atoms with Crippen molar-refractivity contribution in [2.75, 3.05) is 13.1 Å². The molecule has 2 aliphatic rings. The molecule has 2 N–H and O–H groups in total. The van der Waals surface area contributed by atoms with Crippen molar-refractivity contribution in [1.82, 2.24) is 15.5 Å². The molecule has 0 radical (unpaired) electrons. The van der Waals surface area contributed by atoms with E-state index in [2.05, 4.69) is 15.5 Å². The normalized spacial score (nSPS) is 30.8. The number of fused-ring (bicyclic) bond motifs is 2. The second kappa shape index (κ2) is 3.00. The maximum Gasteiger partial charge on any atom is 0.125 e. The summed E-state index contributed by atoms with van der Waals surface area (Å²) in [6.45, 7) is 1.98. The zero-order chi connectivity index (χ0) is 11.6. The van der Waals surface area contributed by atoms with Crippen molar-refractivity contribution in [3.63, 3.8) is 0 Å². The van der Waals surface area contributed by atoms with E-state index in [1.54, 1.807) is 0 Å². The first-order chi connectivity index (χ1) is 8.21. The molecule has 2 aromatic rings. The first kappa shape index (κ1) is 9.85. The number of rotatable bonds is 1. The Morgan fingerprint density at radius 2 is 2.35 bits per heavy atom. The predicted molar refractivity (Wildman–Crippen MR) is 63.7 cm³/mol. The Morgan fingerprint density at radius 1 is 1.47 bits per heavy atom. The summed E-state index contributed by atoms with van der Waals surface area (Å²) >= 11 is 6.01. The zero-order valence-corrected chi connectivity index (χ0v) is 9.81. The Hall–Kier alpha value is -1.13. The van der Waals surface area contributed by atoms with Crippen molar-refractivity contribution < 1.29 is 4.39 Å². The lowest BCUT2D eigenvalue weighted by atomic mass is 9.98. The summed E-state index contributed by atoms with van der Waals surface area (Å²) in [5, 5.41) is 11.9. The van der Waals surface area contributed by atoms with Crippen LogP contribution < -0.4 is 5.32 Å². The van der Waals surface area contributed by atoms with Crippen LogP contribution in [0.25, 0.3) is 10.9 Å². The van der Waals surface area contributed by atoms with E-state index in [1.807, 2.05) is 0 Å². The standard InChI is InChI=1S/C12H11ClFN3/c13-9-2-7(14)1-8-10(9)16-17-11(8)12-3-6(12)4-15-5-12/h1-2,6,15H,3-5H2,(H,16,17)/t6-,12?/m1/s1. The predicted octanol–water partition coefficient (Wildman–Crippen LogP) is 2.22. The lowest BCUT2D eigenvalue weighted by molar-refractivity contribution is 0.628. The second-order valence-corrected chi connectivity index (χ2v) is 5.48. The van der Waals surface area contributed by atoms with Crippen LogP contribution >= 0.6 is 11.6 Å². The third-order valence-electron chi connectivity index (χ3n) is 4.12. The molecule has 1 unspecified atom stereocenters. The number of hydrogen-bond acceptors (Lipinski definition) is 2. The molecule has 1 saturated carbocycles. The van der Waals surface area contributed by atoms with E-state index in [4.69, 9.17) is 11.6 Å². The average Bonchev–Trinajstić information content (AvgIpc) is 2.70. The van der Waals surface area contributed by atoms with Crippen LogP contribution in [-0.2, 0) is 5.41 Å². The molecule has 5 heteroatoms. The molecule has 17 heavy (non-hydrogen) atoms. The van der Waals surface area contributed by atoms with Gasteiger partial charge >= 0.3 is 0 Å². The molecular formula is C12H11ClFN3. The Bertz CT molecular complexity index is 623. The zero-order valence-electron chi connectivity index (χ0n) is 9.06. The van der Waals surface area contributed by atoms with Crippen LogP contribution in [0.3, 0.4) is 0 Å². The highest BCUT2D eigenvalue weighted by atomic mass is 35.5. The second-order valence-electron chi connectivity index (χ2n) is 5.07. The molecule has 0 amide bonds. The summed E-state index contributed by atoms with van der Waals surface area (Å²) in [6.07, 6.45) is 1.15. The molecule has 88 valence electrons. The Labute approximate surface area is 102 Å².